The van der Waals surface area contributed by atoms with Gasteiger partial charge in [-0.15, -0.1) is 0 Å². The average Bonchev–Trinajstić information content (AvgIpc) is 3.14. The molecule has 0 fully saturated rings. The number of nitrogens with one attached hydrogen (secondary N) is 1. The summed E-state index contributed by atoms with van der Waals surface area (Å²) >= 11 is 0. The van der Waals surface area contributed by atoms with Crippen LogP contribution in [-0.4, -0.2) is 34.8 Å². The molecule has 3 rings (SSSR count). The van der Waals surface area contributed by atoms with E-state index in [2.05, 4.69) is 10.4 Å². The fourth-order valence-electron chi connectivity index (χ4n) is 2.81. The molecule has 0 atom stereocenters. The van der Waals surface area contributed by atoms with Crippen LogP contribution in [0.1, 0.15) is 15.9 Å². The monoisotopic (exact) mass is 382 g/mol. The molecule has 2 aromatic carbocycles. The third kappa shape index (κ3) is 3.78. The first-order valence-electron chi connectivity index (χ1n) is 8.31. The van der Waals surface area contributed by atoms with Gasteiger partial charge in [-0.2, -0.15) is 5.10 Å². The Kier molecular flexibility index (Phi) is 5.54. The minimum Gasteiger partial charge on any atom is -0.493 e. The summed E-state index contributed by atoms with van der Waals surface area (Å²) in [5.41, 5.74) is 0.506. The third-order valence-electron chi connectivity index (χ3n) is 4.11. The topological polar surface area (TPSA) is 109 Å². The van der Waals surface area contributed by atoms with Crippen LogP contribution in [0.15, 0.2) is 54.7 Å². The molecule has 9 nitrogen and oxygen atoms in total. The van der Waals surface area contributed by atoms with E-state index in [1.165, 1.54) is 24.4 Å². The van der Waals surface area contributed by atoms with Crippen molar-refractivity contribution in [2.24, 2.45) is 0 Å². The second-order valence-corrected chi connectivity index (χ2v) is 5.76. The van der Waals surface area contributed by atoms with Gasteiger partial charge in [-0.05, 0) is 12.1 Å². The number of rotatable bonds is 7. The molecule has 1 N–H and O–H groups in total. The quantitative estimate of drug-likeness (QED) is 0.497. The highest BCUT2D eigenvalue weighted by molar-refractivity contribution is 6.06. The van der Waals surface area contributed by atoms with Gasteiger partial charge >= 0.3 is 0 Å². The minimum atomic E-state index is -0.591. The van der Waals surface area contributed by atoms with Gasteiger partial charge < -0.3 is 14.8 Å². The van der Waals surface area contributed by atoms with E-state index in [0.29, 0.717) is 23.9 Å². The fraction of sp³-hybridized carbons (Fsp3) is 0.158. The van der Waals surface area contributed by atoms with Crippen molar-refractivity contribution in [2.75, 3.05) is 19.5 Å². The molecule has 0 saturated carbocycles. The Labute approximate surface area is 160 Å². The number of para-hydroxylation sites is 2. The van der Waals surface area contributed by atoms with Crippen LogP contribution in [0.4, 0.5) is 11.5 Å². The summed E-state index contributed by atoms with van der Waals surface area (Å²) in [5.74, 6) is 0.953. The Morgan fingerprint density at radius 1 is 1.14 bits per heavy atom. The second-order valence-electron chi connectivity index (χ2n) is 5.76. The van der Waals surface area contributed by atoms with Crippen molar-refractivity contribution in [2.45, 2.75) is 6.54 Å². The van der Waals surface area contributed by atoms with Crippen LogP contribution in [0.2, 0.25) is 0 Å². The summed E-state index contributed by atoms with van der Waals surface area (Å²) in [6.07, 6.45) is 1.53. The molecule has 9 heteroatoms. The van der Waals surface area contributed by atoms with E-state index in [9.17, 15) is 14.9 Å². The zero-order valence-corrected chi connectivity index (χ0v) is 15.3. The highest BCUT2D eigenvalue weighted by atomic mass is 16.6. The van der Waals surface area contributed by atoms with Gasteiger partial charge in [-0.3, -0.25) is 14.9 Å². The molecule has 1 aromatic heterocycles. The number of amides is 1. The number of ether oxygens (including phenoxy) is 2. The zero-order valence-electron chi connectivity index (χ0n) is 15.3. The van der Waals surface area contributed by atoms with Crippen LogP contribution >= 0.6 is 0 Å². The molecule has 144 valence electrons. The Bertz CT molecular complexity index is 1020. The van der Waals surface area contributed by atoms with E-state index in [0.717, 1.165) is 5.56 Å². The molecular weight excluding hydrogens is 364 g/mol. The average molecular weight is 382 g/mol. The first-order chi connectivity index (χ1) is 13.5. The molecule has 0 aliphatic carbocycles. The number of methoxy groups -OCH3 is 2. The van der Waals surface area contributed by atoms with Crippen LogP contribution in [0.3, 0.4) is 0 Å². The zero-order chi connectivity index (χ0) is 20.1. The number of carbonyl (C=O) groups is 1. The van der Waals surface area contributed by atoms with Crippen molar-refractivity contribution < 1.29 is 19.2 Å². The summed E-state index contributed by atoms with van der Waals surface area (Å²) in [6.45, 7) is 0.305. The van der Waals surface area contributed by atoms with Crippen LogP contribution < -0.4 is 14.8 Å². The van der Waals surface area contributed by atoms with Crippen molar-refractivity contribution in [3.05, 3.63) is 76.0 Å². The maximum absolute atomic E-state index is 12.6. The smallest absolute Gasteiger partial charge is 0.282 e. The molecule has 0 spiro atoms. The Balaban J connectivity index is 1.86. The predicted molar refractivity (Wildman–Crippen MR) is 102 cm³/mol. The van der Waals surface area contributed by atoms with Crippen LogP contribution in [-0.2, 0) is 6.54 Å². The van der Waals surface area contributed by atoms with Gasteiger partial charge in [0.25, 0.3) is 11.6 Å². The Hall–Kier alpha value is -3.88. The summed E-state index contributed by atoms with van der Waals surface area (Å²) in [5, 5.41) is 18.0. The van der Waals surface area contributed by atoms with Crippen molar-refractivity contribution in [3.63, 3.8) is 0 Å². The van der Waals surface area contributed by atoms with Gasteiger partial charge in [0.1, 0.15) is 11.4 Å². The lowest BCUT2D eigenvalue weighted by molar-refractivity contribution is -0.385. The molecule has 1 amide bonds. The number of benzene rings is 2. The standard InChI is InChI=1S/C19H18N4O5/c1-27-16-9-5-6-13(18(16)28-2)12-22-17(10-11-20-22)21-19(24)14-7-3-4-8-15(14)23(25)26/h3-11H,12H2,1-2H3,(H,21,24). The van der Waals surface area contributed by atoms with E-state index < -0.39 is 10.8 Å². The van der Waals surface area contributed by atoms with E-state index >= 15 is 0 Å². The number of anilines is 1. The first kappa shape index (κ1) is 18.9. The first-order valence-corrected chi connectivity index (χ1v) is 8.31. The van der Waals surface area contributed by atoms with Crippen molar-refractivity contribution in [1.29, 1.82) is 0 Å². The summed E-state index contributed by atoms with van der Waals surface area (Å²) < 4.78 is 12.3. The van der Waals surface area contributed by atoms with Gasteiger partial charge in [-0.1, -0.05) is 24.3 Å². The SMILES string of the molecule is COc1cccc(Cn2nccc2NC(=O)c2ccccc2[N+](=O)[O-])c1OC. The van der Waals surface area contributed by atoms with Crippen molar-refractivity contribution >= 4 is 17.4 Å². The molecule has 1 heterocycles. The van der Waals surface area contributed by atoms with Crippen LogP contribution in [0.25, 0.3) is 0 Å². The number of aromatic nitrogens is 2. The molecule has 0 unspecified atom stereocenters. The molecule has 3 aromatic rings. The maximum atomic E-state index is 12.6. The highest BCUT2D eigenvalue weighted by Gasteiger charge is 2.20. The lowest BCUT2D eigenvalue weighted by Crippen LogP contribution is -2.17. The number of hydrogen-bond donors (Lipinski definition) is 1. The fourth-order valence-corrected chi connectivity index (χ4v) is 2.81. The second kappa shape index (κ2) is 8.21. The lowest BCUT2D eigenvalue weighted by Gasteiger charge is -2.14. The Morgan fingerprint density at radius 2 is 1.93 bits per heavy atom. The Morgan fingerprint density at radius 3 is 2.64 bits per heavy atom. The number of nitro benzene ring substituents is 1. The van der Waals surface area contributed by atoms with Crippen molar-refractivity contribution in [1.82, 2.24) is 9.78 Å². The number of nitrogens with zero attached hydrogens (tertiary/aromatic N) is 3. The van der Waals surface area contributed by atoms with Crippen LogP contribution in [0.5, 0.6) is 11.5 Å². The normalized spacial score (nSPS) is 10.4. The number of nitro groups is 1. The molecule has 0 saturated heterocycles. The van der Waals surface area contributed by atoms with Crippen molar-refractivity contribution in [3.8, 4) is 11.5 Å². The largest absolute Gasteiger partial charge is 0.493 e. The van der Waals surface area contributed by atoms with Gasteiger partial charge in [0, 0.05) is 17.7 Å². The van der Waals surface area contributed by atoms with Gasteiger partial charge in [-0.25, -0.2) is 4.68 Å². The van der Waals surface area contributed by atoms with Crippen LogP contribution in [0, 0.1) is 10.1 Å². The highest BCUT2D eigenvalue weighted by Crippen LogP contribution is 2.31. The number of hydrogen-bond acceptors (Lipinski definition) is 6. The van der Waals surface area contributed by atoms with E-state index in [4.69, 9.17) is 9.47 Å². The minimum absolute atomic E-state index is 0.0285. The third-order valence-corrected chi connectivity index (χ3v) is 4.11. The predicted octanol–water partition coefficient (Wildman–Crippen LogP) is 3.11. The molecule has 28 heavy (non-hydrogen) atoms. The van der Waals surface area contributed by atoms with Gasteiger partial charge in [0.15, 0.2) is 11.5 Å². The molecular formula is C19H18N4O5. The molecule has 0 aliphatic rings. The lowest BCUT2D eigenvalue weighted by atomic mass is 10.1. The summed E-state index contributed by atoms with van der Waals surface area (Å²) in [6, 6.07) is 12.8. The maximum Gasteiger partial charge on any atom is 0.282 e. The van der Waals surface area contributed by atoms with E-state index in [1.807, 2.05) is 12.1 Å². The number of carbonyl (C=O) groups excluding carboxylic acids is 1. The van der Waals surface area contributed by atoms with E-state index in [1.54, 1.807) is 37.1 Å². The summed E-state index contributed by atoms with van der Waals surface area (Å²) in [7, 11) is 3.09. The van der Waals surface area contributed by atoms with Gasteiger partial charge in [0.05, 0.1) is 31.9 Å². The van der Waals surface area contributed by atoms with Gasteiger partial charge in [0.2, 0.25) is 0 Å². The molecule has 0 radical (unpaired) electrons. The molecule has 0 aliphatic heterocycles. The summed E-state index contributed by atoms with van der Waals surface area (Å²) in [4.78, 5) is 23.1. The molecule has 0 bridgehead atoms. The van der Waals surface area contributed by atoms with E-state index in [-0.39, 0.29) is 11.3 Å².